The summed E-state index contributed by atoms with van der Waals surface area (Å²) >= 11 is 0. The van der Waals surface area contributed by atoms with Crippen LogP contribution < -0.4 is 0 Å². The summed E-state index contributed by atoms with van der Waals surface area (Å²) in [5.74, 6) is 0.961. The molecule has 0 saturated heterocycles. The van der Waals surface area contributed by atoms with Crippen LogP contribution in [0.2, 0.25) is 0 Å². The number of carbonyl (C=O) groups excluding carboxylic acids is 1. The molecular formula is C16H22N6O2. The molecule has 1 amide bonds. The Morgan fingerprint density at radius 2 is 2.17 bits per heavy atom. The minimum absolute atomic E-state index is 0.132. The lowest BCUT2D eigenvalue weighted by atomic mass is 9.97. The predicted octanol–water partition coefficient (Wildman–Crippen LogP) is 0.715. The van der Waals surface area contributed by atoms with Gasteiger partial charge in [0.1, 0.15) is 6.33 Å². The van der Waals surface area contributed by atoms with Crippen LogP contribution in [0.15, 0.2) is 12.5 Å². The second-order valence-electron chi connectivity index (χ2n) is 6.78. The predicted molar refractivity (Wildman–Crippen MR) is 85.2 cm³/mol. The Balaban J connectivity index is 1.51. The average Bonchev–Trinajstić information content (AvgIpc) is 3.17. The van der Waals surface area contributed by atoms with E-state index in [1.54, 1.807) is 23.0 Å². The van der Waals surface area contributed by atoms with E-state index in [9.17, 15) is 4.79 Å². The number of aromatic nitrogens is 5. The van der Waals surface area contributed by atoms with Crippen molar-refractivity contribution in [1.82, 2.24) is 29.4 Å². The SMILES string of the molecule is Cn1cnc(C(=O)N2Cc3cnn(C)c3C(COCC3CC3)C2)n1. The van der Waals surface area contributed by atoms with Gasteiger partial charge in [-0.05, 0) is 18.8 Å². The smallest absolute Gasteiger partial charge is 0.293 e. The topological polar surface area (TPSA) is 78.1 Å². The van der Waals surface area contributed by atoms with Gasteiger partial charge in [-0.3, -0.25) is 14.2 Å². The highest BCUT2D eigenvalue weighted by atomic mass is 16.5. The Morgan fingerprint density at radius 3 is 2.88 bits per heavy atom. The van der Waals surface area contributed by atoms with Crippen LogP contribution in [-0.2, 0) is 25.4 Å². The quantitative estimate of drug-likeness (QED) is 0.807. The number of aryl methyl sites for hydroxylation is 2. The van der Waals surface area contributed by atoms with Gasteiger partial charge in [0.25, 0.3) is 5.91 Å². The van der Waals surface area contributed by atoms with Crippen molar-refractivity contribution in [3.05, 3.63) is 29.6 Å². The molecule has 1 saturated carbocycles. The van der Waals surface area contributed by atoms with E-state index >= 15 is 0 Å². The molecule has 1 aliphatic carbocycles. The van der Waals surface area contributed by atoms with Crippen LogP contribution in [0.4, 0.5) is 0 Å². The van der Waals surface area contributed by atoms with Crippen LogP contribution in [-0.4, -0.2) is 55.1 Å². The zero-order valence-electron chi connectivity index (χ0n) is 14.1. The zero-order chi connectivity index (χ0) is 16.7. The number of carbonyl (C=O) groups is 1. The van der Waals surface area contributed by atoms with Gasteiger partial charge in [0.05, 0.1) is 18.5 Å². The minimum atomic E-state index is -0.141. The Hall–Kier alpha value is -2.22. The highest BCUT2D eigenvalue weighted by Crippen LogP contribution is 2.31. The Bertz CT molecular complexity index is 748. The highest BCUT2D eigenvalue weighted by Gasteiger charge is 2.33. The van der Waals surface area contributed by atoms with Crippen molar-refractivity contribution >= 4 is 5.91 Å². The Kier molecular flexibility index (Phi) is 3.84. The molecule has 0 radical (unpaired) electrons. The molecule has 0 aromatic carbocycles. The first-order valence-corrected chi connectivity index (χ1v) is 8.35. The lowest BCUT2D eigenvalue weighted by molar-refractivity contribution is 0.0610. The van der Waals surface area contributed by atoms with Crippen molar-refractivity contribution in [2.24, 2.45) is 20.0 Å². The summed E-state index contributed by atoms with van der Waals surface area (Å²) in [7, 11) is 3.71. The standard InChI is InChI=1S/C16H22N6O2/c1-20-10-17-15(19-20)16(23)22-6-12-5-18-21(2)14(12)13(7-22)9-24-8-11-3-4-11/h5,10-11,13H,3-4,6-9H2,1-2H3. The molecule has 2 aliphatic rings. The molecule has 0 bridgehead atoms. The van der Waals surface area contributed by atoms with Gasteiger partial charge in [-0.1, -0.05) is 0 Å². The monoisotopic (exact) mass is 330 g/mol. The largest absolute Gasteiger partial charge is 0.380 e. The molecule has 4 rings (SSSR count). The van der Waals surface area contributed by atoms with Gasteiger partial charge in [-0.15, -0.1) is 5.10 Å². The first kappa shape index (κ1) is 15.3. The van der Waals surface area contributed by atoms with Gasteiger partial charge >= 0.3 is 0 Å². The van der Waals surface area contributed by atoms with Crippen molar-refractivity contribution in [1.29, 1.82) is 0 Å². The van der Waals surface area contributed by atoms with Crippen LogP contribution >= 0.6 is 0 Å². The van der Waals surface area contributed by atoms with E-state index in [-0.39, 0.29) is 17.6 Å². The van der Waals surface area contributed by atoms with Crippen molar-refractivity contribution < 1.29 is 9.53 Å². The van der Waals surface area contributed by atoms with E-state index in [4.69, 9.17) is 4.74 Å². The maximum absolute atomic E-state index is 12.7. The first-order chi connectivity index (χ1) is 11.6. The molecule has 128 valence electrons. The van der Waals surface area contributed by atoms with Crippen LogP contribution in [0.3, 0.4) is 0 Å². The number of fused-ring (bicyclic) bond motifs is 1. The van der Waals surface area contributed by atoms with Crippen LogP contribution in [0, 0.1) is 5.92 Å². The third kappa shape index (κ3) is 2.93. The molecule has 8 nitrogen and oxygen atoms in total. The fourth-order valence-corrected chi connectivity index (χ4v) is 3.29. The lowest BCUT2D eigenvalue weighted by Crippen LogP contribution is -2.40. The second-order valence-corrected chi connectivity index (χ2v) is 6.78. The van der Waals surface area contributed by atoms with Crippen molar-refractivity contribution in [3.8, 4) is 0 Å². The van der Waals surface area contributed by atoms with E-state index in [0.717, 1.165) is 18.1 Å². The van der Waals surface area contributed by atoms with Crippen LogP contribution in [0.5, 0.6) is 0 Å². The van der Waals surface area contributed by atoms with E-state index < -0.39 is 0 Å². The third-order valence-corrected chi connectivity index (χ3v) is 4.70. The van der Waals surface area contributed by atoms with Gasteiger partial charge in [0.15, 0.2) is 0 Å². The van der Waals surface area contributed by atoms with E-state index in [1.165, 1.54) is 18.5 Å². The molecule has 0 spiro atoms. The molecule has 24 heavy (non-hydrogen) atoms. The van der Waals surface area contributed by atoms with Crippen LogP contribution in [0.25, 0.3) is 0 Å². The molecule has 1 unspecified atom stereocenters. The van der Waals surface area contributed by atoms with E-state index in [0.29, 0.717) is 19.7 Å². The van der Waals surface area contributed by atoms with Gasteiger partial charge in [-0.25, -0.2) is 4.98 Å². The maximum atomic E-state index is 12.7. The van der Waals surface area contributed by atoms with Crippen molar-refractivity contribution in [2.45, 2.75) is 25.3 Å². The van der Waals surface area contributed by atoms with Gasteiger partial charge in [0.2, 0.25) is 5.82 Å². The molecule has 1 fully saturated rings. The molecule has 2 aromatic heterocycles. The summed E-state index contributed by atoms with van der Waals surface area (Å²) in [6.07, 6.45) is 5.94. The van der Waals surface area contributed by atoms with Gasteiger partial charge < -0.3 is 9.64 Å². The molecular weight excluding hydrogens is 308 g/mol. The number of rotatable bonds is 5. The minimum Gasteiger partial charge on any atom is -0.380 e. The number of hydrogen-bond acceptors (Lipinski definition) is 5. The van der Waals surface area contributed by atoms with Crippen molar-refractivity contribution in [3.63, 3.8) is 0 Å². The first-order valence-electron chi connectivity index (χ1n) is 8.35. The second kappa shape index (κ2) is 6.01. The summed E-state index contributed by atoms with van der Waals surface area (Å²) in [6.45, 7) is 2.58. The number of amides is 1. The molecule has 1 atom stereocenters. The molecule has 0 N–H and O–H groups in total. The fraction of sp³-hybridized carbons (Fsp3) is 0.625. The normalized spacial score (nSPS) is 20.2. The highest BCUT2D eigenvalue weighted by molar-refractivity contribution is 5.90. The van der Waals surface area contributed by atoms with Gasteiger partial charge in [0, 0.05) is 45.3 Å². The number of ether oxygens (including phenoxy) is 1. The number of hydrogen-bond donors (Lipinski definition) is 0. The van der Waals surface area contributed by atoms with E-state index in [2.05, 4.69) is 15.2 Å². The molecule has 3 heterocycles. The summed E-state index contributed by atoms with van der Waals surface area (Å²) in [5.41, 5.74) is 2.25. The molecule has 1 aliphatic heterocycles. The lowest BCUT2D eigenvalue weighted by Gasteiger charge is -2.32. The summed E-state index contributed by atoms with van der Waals surface area (Å²) in [5, 5.41) is 8.49. The Morgan fingerprint density at radius 1 is 1.33 bits per heavy atom. The Labute approximate surface area is 140 Å². The summed E-state index contributed by atoms with van der Waals surface area (Å²) in [6, 6.07) is 0. The van der Waals surface area contributed by atoms with Crippen molar-refractivity contribution in [2.75, 3.05) is 19.8 Å². The fourth-order valence-electron chi connectivity index (χ4n) is 3.29. The third-order valence-electron chi connectivity index (χ3n) is 4.70. The summed E-state index contributed by atoms with van der Waals surface area (Å²) in [4.78, 5) is 18.6. The summed E-state index contributed by atoms with van der Waals surface area (Å²) < 4.78 is 9.35. The zero-order valence-corrected chi connectivity index (χ0v) is 14.1. The average molecular weight is 330 g/mol. The maximum Gasteiger partial charge on any atom is 0.293 e. The van der Waals surface area contributed by atoms with E-state index in [1.807, 2.05) is 17.9 Å². The van der Waals surface area contributed by atoms with Gasteiger partial charge in [-0.2, -0.15) is 5.10 Å². The number of nitrogens with zero attached hydrogens (tertiary/aromatic N) is 6. The van der Waals surface area contributed by atoms with Crippen LogP contribution in [0.1, 0.15) is 40.6 Å². The molecule has 2 aromatic rings. The molecule has 8 heteroatoms.